The Morgan fingerprint density at radius 1 is 1.71 bits per heavy atom. The summed E-state index contributed by atoms with van der Waals surface area (Å²) < 4.78 is 5.08. The number of carbonyl (C=O) groups excluding carboxylic acids is 1. The first-order chi connectivity index (χ1) is 8.33. The van der Waals surface area contributed by atoms with Crippen molar-refractivity contribution in [1.82, 2.24) is 9.88 Å². The van der Waals surface area contributed by atoms with Gasteiger partial charge in [0.05, 0.1) is 12.1 Å². The van der Waals surface area contributed by atoms with Gasteiger partial charge in [0, 0.05) is 30.8 Å². The third-order valence-corrected chi connectivity index (χ3v) is 4.53. The van der Waals surface area contributed by atoms with E-state index in [1.165, 1.54) is 11.3 Å². The van der Waals surface area contributed by atoms with Crippen LogP contribution in [0, 0.1) is 0 Å². The van der Waals surface area contributed by atoms with Crippen molar-refractivity contribution >= 4 is 29.0 Å². The molecule has 17 heavy (non-hydrogen) atoms. The van der Waals surface area contributed by atoms with E-state index < -0.39 is 0 Å². The average Bonchev–Trinajstić information content (AvgIpc) is 3.02. The van der Waals surface area contributed by atoms with E-state index in [0.29, 0.717) is 24.9 Å². The van der Waals surface area contributed by atoms with Crippen LogP contribution in [0.2, 0.25) is 0 Å². The smallest absolute Gasteiger partial charge is 0.273 e. The molecular formula is C11H16N2O2S2. The van der Waals surface area contributed by atoms with Crippen molar-refractivity contribution in [2.45, 2.75) is 12.5 Å². The monoisotopic (exact) mass is 272 g/mol. The number of aromatic nitrogens is 1. The van der Waals surface area contributed by atoms with Crippen molar-refractivity contribution in [3.8, 4) is 0 Å². The molecule has 0 aliphatic carbocycles. The Morgan fingerprint density at radius 2 is 2.59 bits per heavy atom. The van der Waals surface area contributed by atoms with Crippen LogP contribution in [-0.2, 0) is 4.74 Å². The number of methoxy groups -OCH3 is 1. The number of ether oxygens (including phenoxy) is 1. The molecule has 0 aromatic carbocycles. The maximum absolute atomic E-state index is 12.3. The van der Waals surface area contributed by atoms with Gasteiger partial charge in [-0.15, -0.1) is 11.3 Å². The molecule has 1 saturated heterocycles. The molecular weight excluding hydrogens is 256 g/mol. The second-order valence-corrected chi connectivity index (χ2v) is 5.75. The number of nitrogens with zero attached hydrogens (tertiary/aromatic N) is 2. The molecule has 1 aromatic heterocycles. The molecule has 0 spiro atoms. The van der Waals surface area contributed by atoms with Crippen molar-refractivity contribution < 1.29 is 9.53 Å². The second kappa shape index (κ2) is 6.37. The summed E-state index contributed by atoms with van der Waals surface area (Å²) in [5, 5.41) is 1.81. The zero-order chi connectivity index (χ0) is 12.1. The van der Waals surface area contributed by atoms with Crippen molar-refractivity contribution in [3.05, 3.63) is 16.6 Å². The lowest BCUT2D eigenvalue weighted by Gasteiger charge is -2.27. The van der Waals surface area contributed by atoms with E-state index in [0.717, 1.165) is 17.9 Å². The molecule has 94 valence electrons. The highest BCUT2D eigenvalue weighted by atomic mass is 32.2. The van der Waals surface area contributed by atoms with Crippen LogP contribution in [0.25, 0.3) is 0 Å². The first kappa shape index (κ1) is 12.9. The van der Waals surface area contributed by atoms with Gasteiger partial charge in [-0.1, -0.05) is 0 Å². The van der Waals surface area contributed by atoms with Gasteiger partial charge in [-0.25, -0.2) is 4.98 Å². The SMILES string of the molecule is COCCN(C(=O)c1cscn1)C1CCSC1. The minimum absolute atomic E-state index is 0.0378. The number of hydrogen-bond acceptors (Lipinski definition) is 5. The summed E-state index contributed by atoms with van der Waals surface area (Å²) in [4.78, 5) is 18.3. The summed E-state index contributed by atoms with van der Waals surface area (Å²) in [5.41, 5.74) is 2.26. The highest BCUT2D eigenvalue weighted by molar-refractivity contribution is 7.99. The van der Waals surface area contributed by atoms with Gasteiger partial charge in [-0.3, -0.25) is 4.79 Å². The van der Waals surface area contributed by atoms with E-state index in [1.807, 2.05) is 22.0 Å². The third-order valence-electron chi connectivity index (χ3n) is 2.80. The van der Waals surface area contributed by atoms with Gasteiger partial charge in [-0.2, -0.15) is 11.8 Å². The standard InChI is InChI=1S/C11H16N2O2S2/c1-15-4-3-13(9-2-5-16-6-9)11(14)10-7-17-8-12-10/h7-9H,2-6H2,1H3. The van der Waals surface area contributed by atoms with Gasteiger partial charge in [-0.05, 0) is 12.2 Å². The number of thioether (sulfide) groups is 1. The molecule has 6 heteroatoms. The number of amides is 1. The van der Waals surface area contributed by atoms with Gasteiger partial charge < -0.3 is 9.64 Å². The zero-order valence-electron chi connectivity index (χ0n) is 9.80. The maximum atomic E-state index is 12.3. The lowest BCUT2D eigenvalue weighted by Crippen LogP contribution is -2.42. The van der Waals surface area contributed by atoms with Crippen LogP contribution in [-0.4, -0.2) is 53.6 Å². The molecule has 1 aliphatic heterocycles. The van der Waals surface area contributed by atoms with Crippen molar-refractivity contribution in [2.24, 2.45) is 0 Å². The molecule has 1 unspecified atom stereocenters. The molecule has 1 atom stereocenters. The predicted octanol–water partition coefficient (Wildman–Crippen LogP) is 1.74. The molecule has 1 aromatic rings. The number of carbonyl (C=O) groups is 1. The highest BCUT2D eigenvalue weighted by Gasteiger charge is 2.28. The van der Waals surface area contributed by atoms with E-state index in [4.69, 9.17) is 4.74 Å². The van der Waals surface area contributed by atoms with E-state index in [-0.39, 0.29) is 5.91 Å². The van der Waals surface area contributed by atoms with Crippen LogP contribution in [0.5, 0.6) is 0 Å². The molecule has 0 radical (unpaired) electrons. The number of hydrogen-bond donors (Lipinski definition) is 0. The topological polar surface area (TPSA) is 42.4 Å². The fourth-order valence-corrected chi connectivity index (χ4v) is 3.62. The first-order valence-corrected chi connectivity index (χ1v) is 7.68. The minimum atomic E-state index is 0.0378. The summed E-state index contributed by atoms with van der Waals surface area (Å²) in [7, 11) is 1.66. The van der Waals surface area contributed by atoms with Crippen LogP contribution >= 0.6 is 23.1 Å². The van der Waals surface area contributed by atoms with Gasteiger partial charge in [0.25, 0.3) is 5.91 Å². The van der Waals surface area contributed by atoms with Crippen LogP contribution in [0.15, 0.2) is 10.9 Å². The maximum Gasteiger partial charge on any atom is 0.273 e. The van der Waals surface area contributed by atoms with Crippen LogP contribution in [0.1, 0.15) is 16.9 Å². The Kier molecular flexibility index (Phi) is 4.82. The Labute approximate surface area is 109 Å². The predicted molar refractivity (Wildman–Crippen MR) is 70.8 cm³/mol. The Hall–Kier alpha value is -0.590. The van der Waals surface area contributed by atoms with Gasteiger partial charge in [0.2, 0.25) is 0 Å². The molecule has 0 bridgehead atoms. The molecule has 4 nitrogen and oxygen atoms in total. The number of rotatable bonds is 5. The Balaban J connectivity index is 2.06. The minimum Gasteiger partial charge on any atom is -0.383 e. The summed E-state index contributed by atoms with van der Waals surface area (Å²) >= 11 is 3.36. The first-order valence-electron chi connectivity index (χ1n) is 5.58. The average molecular weight is 272 g/mol. The molecule has 0 saturated carbocycles. The number of thiazole rings is 1. The summed E-state index contributed by atoms with van der Waals surface area (Å²) in [6, 6.07) is 0.337. The van der Waals surface area contributed by atoms with E-state index in [2.05, 4.69) is 4.98 Å². The van der Waals surface area contributed by atoms with Crippen LogP contribution in [0.3, 0.4) is 0 Å². The summed E-state index contributed by atoms with van der Waals surface area (Å²) in [5.74, 6) is 2.20. The lowest BCUT2D eigenvalue weighted by atomic mass is 10.2. The van der Waals surface area contributed by atoms with Gasteiger partial charge in [0.15, 0.2) is 0 Å². The lowest BCUT2D eigenvalue weighted by molar-refractivity contribution is 0.0619. The van der Waals surface area contributed by atoms with Crippen LogP contribution in [0.4, 0.5) is 0 Å². The Morgan fingerprint density at radius 3 is 3.18 bits per heavy atom. The van der Waals surface area contributed by atoms with E-state index >= 15 is 0 Å². The van der Waals surface area contributed by atoms with E-state index in [1.54, 1.807) is 12.6 Å². The van der Waals surface area contributed by atoms with E-state index in [9.17, 15) is 4.79 Å². The van der Waals surface area contributed by atoms with Crippen LogP contribution < -0.4 is 0 Å². The second-order valence-electron chi connectivity index (χ2n) is 3.88. The summed E-state index contributed by atoms with van der Waals surface area (Å²) in [6.07, 6.45) is 1.07. The fraction of sp³-hybridized carbons (Fsp3) is 0.636. The zero-order valence-corrected chi connectivity index (χ0v) is 11.4. The largest absolute Gasteiger partial charge is 0.383 e. The van der Waals surface area contributed by atoms with Gasteiger partial charge >= 0.3 is 0 Å². The fourth-order valence-electron chi connectivity index (χ4n) is 1.87. The van der Waals surface area contributed by atoms with Crippen molar-refractivity contribution in [2.75, 3.05) is 31.8 Å². The van der Waals surface area contributed by atoms with Gasteiger partial charge in [0.1, 0.15) is 5.69 Å². The third kappa shape index (κ3) is 3.20. The molecule has 1 aliphatic rings. The molecule has 2 heterocycles. The highest BCUT2D eigenvalue weighted by Crippen LogP contribution is 2.23. The Bertz CT molecular complexity index is 350. The normalized spacial score (nSPS) is 19.5. The quantitative estimate of drug-likeness (QED) is 0.819. The summed E-state index contributed by atoms with van der Waals surface area (Å²) in [6.45, 7) is 1.23. The molecule has 1 amide bonds. The molecule has 1 fully saturated rings. The molecule has 0 N–H and O–H groups in total. The van der Waals surface area contributed by atoms with Crippen molar-refractivity contribution in [1.29, 1.82) is 0 Å². The molecule has 2 rings (SSSR count). The van der Waals surface area contributed by atoms with Crippen molar-refractivity contribution in [3.63, 3.8) is 0 Å².